The second kappa shape index (κ2) is 12.9. The summed E-state index contributed by atoms with van der Waals surface area (Å²) in [5.74, 6) is 0.843. The Kier molecular flexibility index (Phi) is 9.25. The molecule has 5 rings (SSSR count). The molecule has 11 heteroatoms. The van der Waals surface area contributed by atoms with Crippen molar-refractivity contribution in [3.8, 4) is 45.4 Å². The highest BCUT2D eigenvalue weighted by Gasteiger charge is 2.37. The minimum Gasteiger partial charge on any atom is -0.480 e. The Hall–Kier alpha value is -3.34. The van der Waals surface area contributed by atoms with Crippen LogP contribution in [0.1, 0.15) is 31.2 Å². The zero-order valence-electron chi connectivity index (χ0n) is 23.8. The predicted molar refractivity (Wildman–Crippen MR) is 163 cm³/mol. The topological polar surface area (TPSA) is 114 Å². The molecule has 3 heterocycles. The van der Waals surface area contributed by atoms with Crippen LogP contribution in [0.3, 0.4) is 0 Å². The van der Waals surface area contributed by atoms with Gasteiger partial charge in [0.25, 0.3) is 0 Å². The van der Waals surface area contributed by atoms with Crippen LogP contribution in [-0.2, 0) is 13.0 Å². The average Bonchev–Trinajstić information content (AvgIpc) is 2.97. The van der Waals surface area contributed by atoms with Gasteiger partial charge in [-0.25, -0.2) is 9.97 Å². The van der Waals surface area contributed by atoms with Crippen molar-refractivity contribution >= 4 is 23.2 Å². The fourth-order valence-corrected chi connectivity index (χ4v) is 5.83. The number of rotatable bonds is 11. The van der Waals surface area contributed by atoms with E-state index in [2.05, 4.69) is 19.9 Å². The zero-order valence-corrected chi connectivity index (χ0v) is 25.3. The van der Waals surface area contributed by atoms with E-state index in [0.717, 1.165) is 23.2 Å². The number of hydrogen-bond donors (Lipinski definition) is 2. The summed E-state index contributed by atoms with van der Waals surface area (Å²) in [5, 5.41) is 20.1. The van der Waals surface area contributed by atoms with Crippen molar-refractivity contribution in [1.82, 2.24) is 24.8 Å². The molecule has 4 aromatic rings. The fraction of sp³-hybridized carbons (Fsp3) is 0.355. The second-order valence-electron chi connectivity index (χ2n) is 10.6. The van der Waals surface area contributed by atoms with Crippen LogP contribution in [-0.4, -0.2) is 74.6 Å². The van der Waals surface area contributed by atoms with Crippen molar-refractivity contribution < 1.29 is 19.7 Å². The fourth-order valence-electron chi connectivity index (χ4n) is 5.18. The van der Waals surface area contributed by atoms with Gasteiger partial charge in [0.2, 0.25) is 11.8 Å². The van der Waals surface area contributed by atoms with E-state index >= 15 is 0 Å². The first kappa shape index (κ1) is 30.1. The Morgan fingerprint density at radius 3 is 1.81 bits per heavy atom. The summed E-state index contributed by atoms with van der Waals surface area (Å²) >= 11 is 14.0. The Bertz CT molecular complexity index is 1580. The Balaban J connectivity index is 1.45. The highest BCUT2D eigenvalue weighted by molar-refractivity contribution is 6.39. The molecular formula is C31H33Cl2N5O4. The summed E-state index contributed by atoms with van der Waals surface area (Å²) in [7, 11) is 3.12. The number of hydrogen-bond acceptors (Lipinski definition) is 9. The first-order valence-electron chi connectivity index (χ1n) is 13.7. The summed E-state index contributed by atoms with van der Waals surface area (Å²) in [5.41, 5.74) is 4.74. The van der Waals surface area contributed by atoms with E-state index in [1.54, 1.807) is 26.6 Å². The molecule has 0 amide bonds. The number of aliphatic hydroxyl groups is 2. The normalized spacial score (nSPS) is 14.5. The van der Waals surface area contributed by atoms with Gasteiger partial charge in [0, 0.05) is 48.5 Å². The largest absolute Gasteiger partial charge is 0.480 e. The van der Waals surface area contributed by atoms with Crippen molar-refractivity contribution in [2.45, 2.75) is 38.3 Å². The number of aliphatic hydroxyl groups excluding tert-OH is 1. The van der Waals surface area contributed by atoms with Crippen LogP contribution < -0.4 is 9.47 Å². The van der Waals surface area contributed by atoms with E-state index in [0.29, 0.717) is 82.5 Å². The smallest absolute Gasteiger partial charge is 0.237 e. The number of methoxy groups -OCH3 is 2. The molecular weight excluding hydrogens is 577 g/mol. The molecule has 0 saturated carbocycles. The van der Waals surface area contributed by atoms with Crippen molar-refractivity contribution in [3.63, 3.8) is 0 Å². The van der Waals surface area contributed by atoms with Crippen molar-refractivity contribution in [1.29, 1.82) is 0 Å². The molecule has 1 aliphatic rings. The highest BCUT2D eigenvalue weighted by Crippen LogP contribution is 2.42. The van der Waals surface area contributed by atoms with E-state index in [1.807, 2.05) is 43.3 Å². The number of β-amino-alcohol motifs (C(OH)–C–C–N with tert-alkyl or cyclic N) is 1. The third-order valence-electron chi connectivity index (χ3n) is 7.17. The van der Waals surface area contributed by atoms with Gasteiger partial charge in [0.1, 0.15) is 11.4 Å². The Labute approximate surface area is 255 Å². The zero-order chi connectivity index (χ0) is 29.9. The van der Waals surface area contributed by atoms with Gasteiger partial charge < -0.3 is 19.7 Å². The lowest BCUT2D eigenvalue weighted by Gasteiger charge is -2.44. The molecule has 2 aromatic carbocycles. The monoisotopic (exact) mass is 609 g/mol. The third-order valence-corrected chi connectivity index (χ3v) is 7.99. The maximum atomic E-state index is 10.1. The lowest BCUT2D eigenvalue weighted by Crippen LogP contribution is -2.59. The Morgan fingerprint density at radius 2 is 1.31 bits per heavy atom. The summed E-state index contributed by atoms with van der Waals surface area (Å²) in [6, 6.07) is 11.4. The highest BCUT2D eigenvalue weighted by atomic mass is 35.5. The van der Waals surface area contributed by atoms with Crippen LogP contribution in [0.15, 0.2) is 48.8 Å². The summed E-state index contributed by atoms with van der Waals surface area (Å²) < 4.78 is 11.1. The summed E-state index contributed by atoms with van der Waals surface area (Å²) in [6.45, 7) is 3.62. The van der Waals surface area contributed by atoms with Crippen molar-refractivity contribution in [2.75, 3.05) is 33.9 Å². The quantitative estimate of drug-likeness (QED) is 0.213. The van der Waals surface area contributed by atoms with Gasteiger partial charge >= 0.3 is 0 Å². The van der Waals surface area contributed by atoms with Gasteiger partial charge in [-0.2, -0.15) is 0 Å². The van der Waals surface area contributed by atoms with Gasteiger partial charge in [-0.15, -0.1) is 0 Å². The van der Waals surface area contributed by atoms with Crippen molar-refractivity contribution in [2.24, 2.45) is 0 Å². The molecule has 1 aliphatic heterocycles. The lowest BCUT2D eigenvalue weighted by atomic mass is 9.97. The molecule has 220 valence electrons. The molecule has 0 radical (unpaired) electrons. The molecule has 1 saturated heterocycles. The van der Waals surface area contributed by atoms with Crippen LogP contribution in [0, 0.1) is 0 Å². The first-order chi connectivity index (χ1) is 20.2. The van der Waals surface area contributed by atoms with E-state index in [-0.39, 0.29) is 6.61 Å². The number of benzene rings is 2. The van der Waals surface area contributed by atoms with E-state index in [1.165, 1.54) is 0 Å². The summed E-state index contributed by atoms with van der Waals surface area (Å²) in [6.07, 6.45) is 5.49. The summed E-state index contributed by atoms with van der Waals surface area (Å²) in [4.78, 5) is 20.7. The molecule has 9 nitrogen and oxygen atoms in total. The molecule has 42 heavy (non-hydrogen) atoms. The molecule has 2 aromatic heterocycles. The molecule has 1 fully saturated rings. The maximum absolute atomic E-state index is 10.1. The average molecular weight is 611 g/mol. The van der Waals surface area contributed by atoms with Crippen molar-refractivity contribution in [3.05, 3.63) is 70.2 Å². The molecule has 0 spiro atoms. The number of halogens is 2. The van der Waals surface area contributed by atoms with Gasteiger partial charge in [-0.3, -0.25) is 14.9 Å². The second-order valence-corrected chi connectivity index (χ2v) is 11.3. The van der Waals surface area contributed by atoms with E-state index in [9.17, 15) is 5.11 Å². The lowest BCUT2D eigenvalue weighted by molar-refractivity contribution is -0.0878. The van der Waals surface area contributed by atoms with Gasteiger partial charge in [0.05, 0.1) is 53.6 Å². The number of ether oxygens (including phenoxy) is 2. The van der Waals surface area contributed by atoms with Crippen LogP contribution in [0.25, 0.3) is 33.6 Å². The predicted octanol–water partition coefficient (Wildman–Crippen LogP) is 5.47. The standard InChI is InChI=1S/C31H33Cl2N5O4/c1-31(40)17-38(18-31)16-26-30(42-3)37-25(15-35-26)22-11-7-9-20(28(22)33)19-8-6-10-21(27(19)32)24-14-34-23(12-4-5-13-39)29(36-24)41-2/h6-11,14-15,39-40H,4-5,12-13,16-18H2,1-3H3. The number of likely N-dealkylation sites (tertiary alicyclic amines) is 1. The maximum Gasteiger partial charge on any atom is 0.237 e. The van der Waals surface area contributed by atoms with Crippen LogP contribution in [0.2, 0.25) is 10.0 Å². The minimum atomic E-state index is -0.671. The van der Waals surface area contributed by atoms with Gasteiger partial charge in [0.15, 0.2) is 0 Å². The molecule has 2 N–H and O–H groups in total. The van der Waals surface area contributed by atoms with Gasteiger partial charge in [-0.05, 0) is 26.2 Å². The molecule has 0 aliphatic carbocycles. The Morgan fingerprint density at radius 1 is 0.810 bits per heavy atom. The number of aromatic nitrogens is 4. The first-order valence-corrected chi connectivity index (χ1v) is 14.4. The van der Waals surface area contributed by atoms with Gasteiger partial charge in [-0.1, -0.05) is 59.6 Å². The van der Waals surface area contributed by atoms with Crippen LogP contribution in [0.5, 0.6) is 11.8 Å². The number of unbranched alkanes of at least 4 members (excludes halogenated alkanes) is 1. The molecule has 0 unspecified atom stereocenters. The van der Waals surface area contributed by atoms with Crippen LogP contribution in [0.4, 0.5) is 0 Å². The van der Waals surface area contributed by atoms with E-state index < -0.39 is 5.60 Å². The number of nitrogens with zero attached hydrogens (tertiary/aromatic N) is 5. The molecule has 0 atom stereocenters. The molecule has 0 bridgehead atoms. The SMILES string of the molecule is COc1nc(-c2cccc(-c3cccc(-c4cnc(CN5CC(C)(O)C5)c(OC)n4)c3Cl)c2Cl)cnc1CCCCO. The van der Waals surface area contributed by atoms with E-state index in [4.69, 9.17) is 42.8 Å². The third kappa shape index (κ3) is 6.35. The minimum absolute atomic E-state index is 0.134. The number of aryl methyl sites for hydroxylation is 1. The van der Waals surface area contributed by atoms with Crippen LogP contribution >= 0.6 is 23.2 Å².